The molecule has 0 radical (unpaired) electrons. The summed E-state index contributed by atoms with van der Waals surface area (Å²) >= 11 is 2.03. The third-order valence-corrected chi connectivity index (χ3v) is 5.26. The Hall–Kier alpha value is 0.270. The second-order valence-corrected chi connectivity index (χ2v) is 5.55. The first-order valence-corrected chi connectivity index (χ1v) is 5.96. The third-order valence-electron chi connectivity index (χ3n) is 3.50. The minimum atomic E-state index is -0.0104. The van der Waals surface area contributed by atoms with Crippen LogP contribution in [-0.2, 0) is 9.47 Å². The average Bonchev–Trinajstić information content (AvgIpc) is 2.54. The van der Waals surface area contributed by atoms with Crippen LogP contribution in [0.25, 0.3) is 0 Å². The quantitative estimate of drug-likeness (QED) is 0.683. The van der Waals surface area contributed by atoms with Gasteiger partial charge in [-0.25, -0.2) is 0 Å². The molecule has 0 amide bonds. The summed E-state index contributed by atoms with van der Waals surface area (Å²) in [5.41, 5.74) is -0.0104. The fourth-order valence-corrected chi connectivity index (χ4v) is 4.59. The van der Waals surface area contributed by atoms with Crippen LogP contribution in [-0.4, -0.2) is 35.4 Å². The minimum Gasteiger partial charge on any atom is -0.377 e. The molecular weight excluding hydrogens is 184 g/mol. The summed E-state index contributed by atoms with van der Waals surface area (Å²) in [7, 11) is 1.81. The molecule has 2 unspecified atom stereocenters. The van der Waals surface area contributed by atoms with Gasteiger partial charge in [0.05, 0.1) is 11.4 Å². The van der Waals surface area contributed by atoms with E-state index in [1.807, 2.05) is 18.9 Å². The van der Waals surface area contributed by atoms with Gasteiger partial charge in [0.15, 0.2) is 0 Å². The Labute approximate surface area is 84.4 Å². The van der Waals surface area contributed by atoms with Gasteiger partial charge in [-0.1, -0.05) is 13.8 Å². The zero-order valence-electron chi connectivity index (χ0n) is 8.74. The fourth-order valence-electron chi connectivity index (χ4n) is 2.77. The number of hydrogen-bond acceptors (Lipinski definition) is 3. The van der Waals surface area contributed by atoms with E-state index in [0.717, 1.165) is 6.42 Å². The van der Waals surface area contributed by atoms with Crippen LogP contribution in [0.2, 0.25) is 0 Å². The van der Waals surface area contributed by atoms with Crippen LogP contribution in [0.5, 0.6) is 0 Å². The van der Waals surface area contributed by atoms with E-state index in [0.29, 0.717) is 22.7 Å². The van der Waals surface area contributed by atoms with E-state index in [9.17, 15) is 0 Å². The van der Waals surface area contributed by atoms with E-state index < -0.39 is 0 Å². The van der Waals surface area contributed by atoms with E-state index in [2.05, 4.69) is 20.8 Å². The summed E-state index contributed by atoms with van der Waals surface area (Å²) in [6, 6.07) is 0. The second-order valence-electron chi connectivity index (χ2n) is 4.03. The van der Waals surface area contributed by atoms with E-state index in [1.165, 1.54) is 0 Å². The lowest BCUT2D eigenvalue weighted by Gasteiger charge is -2.34. The van der Waals surface area contributed by atoms with Crippen LogP contribution in [0.1, 0.15) is 27.2 Å². The van der Waals surface area contributed by atoms with Crippen molar-refractivity contribution in [3.05, 3.63) is 0 Å². The van der Waals surface area contributed by atoms with Crippen molar-refractivity contribution in [1.82, 2.24) is 0 Å². The van der Waals surface area contributed by atoms with Crippen molar-refractivity contribution in [2.45, 2.75) is 55.5 Å². The highest BCUT2D eigenvalue weighted by atomic mass is 32.2. The zero-order chi connectivity index (χ0) is 9.64. The Balaban J connectivity index is 2.29. The standard InChI is InChI=1S/C10H18O2S/c1-5-10-7(3)13-8(6(2)12-10)9(10)11-4/h6-9H,5H2,1-4H3/t6-,7?,8-,9-,10?/m0/s1. The summed E-state index contributed by atoms with van der Waals surface area (Å²) in [5.74, 6) is 0. The number of hydrogen-bond donors (Lipinski definition) is 0. The maximum atomic E-state index is 6.07. The molecule has 2 aliphatic heterocycles. The number of rotatable bonds is 2. The van der Waals surface area contributed by atoms with Crippen molar-refractivity contribution in [2.75, 3.05) is 7.11 Å². The van der Waals surface area contributed by atoms with Crippen LogP contribution in [0.15, 0.2) is 0 Å². The lowest BCUT2D eigenvalue weighted by atomic mass is 9.90. The summed E-state index contributed by atoms with van der Waals surface area (Å²) in [6.07, 6.45) is 1.71. The van der Waals surface area contributed by atoms with Gasteiger partial charge in [0.2, 0.25) is 0 Å². The van der Waals surface area contributed by atoms with Crippen LogP contribution in [0.3, 0.4) is 0 Å². The number of fused-ring (bicyclic) bond motifs is 2. The maximum absolute atomic E-state index is 6.07. The molecule has 0 aromatic carbocycles. The van der Waals surface area contributed by atoms with Gasteiger partial charge in [0, 0.05) is 12.4 Å². The molecule has 2 heterocycles. The van der Waals surface area contributed by atoms with Crippen molar-refractivity contribution in [3.8, 4) is 0 Å². The van der Waals surface area contributed by atoms with E-state index in [4.69, 9.17) is 9.47 Å². The first-order chi connectivity index (χ1) is 6.15. The van der Waals surface area contributed by atoms with Gasteiger partial charge in [0.1, 0.15) is 11.7 Å². The summed E-state index contributed by atoms with van der Waals surface area (Å²) < 4.78 is 11.7. The molecule has 0 aliphatic carbocycles. The number of thioether (sulfide) groups is 1. The molecule has 0 N–H and O–H groups in total. The molecule has 2 saturated heterocycles. The highest BCUT2D eigenvalue weighted by molar-refractivity contribution is 8.01. The Morgan fingerprint density at radius 3 is 2.62 bits per heavy atom. The maximum Gasteiger partial charge on any atom is 0.107 e. The van der Waals surface area contributed by atoms with Gasteiger partial charge < -0.3 is 9.47 Å². The molecule has 0 spiro atoms. The summed E-state index contributed by atoms with van der Waals surface area (Å²) in [5, 5.41) is 1.11. The van der Waals surface area contributed by atoms with Gasteiger partial charge >= 0.3 is 0 Å². The van der Waals surface area contributed by atoms with Gasteiger partial charge in [-0.3, -0.25) is 0 Å². The molecule has 0 saturated carbocycles. The largest absolute Gasteiger partial charge is 0.377 e. The van der Waals surface area contributed by atoms with Crippen molar-refractivity contribution in [2.24, 2.45) is 0 Å². The SMILES string of the molecule is CCC12O[C@@H](C)[C@H](SC1C)[C@@H]2OC. The fraction of sp³-hybridized carbons (Fsp3) is 1.00. The van der Waals surface area contributed by atoms with Gasteiger partial charge in [-0.05, 0) is 13.3 Å². The molecule has 2 bridgehead atoms. The molecule has 13 heavy (non-hydrogen) atoms. The van der Waals surface area contributed by atoms with Crippen LogP contribution < -0.4 is 0 Å². The first kappa shape index (κ1) is 9.81. The Kier molecular flexibility index (Phi) is 2.37. The second kappa shape index (κ2) is 3.14. The molecule has 2 aliphatic rings. The highest BCUT2D eigenvalue weighted by Gasteiger charge is 2.62. The molecule has 5 atom stereocenters. The zero-order valence-corrected chi connectivity index (χ0v) is 9.56. The predicted octanol–water partition coefficient (Wildman–Crippen LogP) is 2.07. The predicted molar refractivity (Wildman–Crippen MR) is 55.2 cm³/mol. The van der Waals surface area contributed by atoms with Crippen molar-refractivity contribution < 1.29 is 9.47 Å². The summed E-state index contributed by atoms with van der Waals surface area (Å²) in [6.45, 7) is 6.61. The normalized spacial score (nSPS) is 54.5. The molecule has 76 valence electrons. The highest BCUT2D eigenvalue weighted by Crippen LogP contribution is 2.54. The van der Waals surface area contributed by atoms with E-state index in [1.54, 1.807) is 0 Å². The summed E-state index contributed by atoms with van der Waals surface area (Å²) in [4.78, 5) is 0. The van der Waals surface area contributed by atoms with Gasteiger partial charge in [-0.15, -0.1) is 11.8 Å². The van der Waals surface area contributed by atoms with E-state index in [-0.39, 0.29) is 5.60 Å². The molecule has 2 nitrogen and oxygen atoms in total. The minimum absolute atomic E-state index is 0.0104. The van der Waals surface area contributed by atoms with Gasteiger partial charge in [-0.2, -0.15) is 0 Å². The average molecular weight is 202 g/mol. The molecule has 2 rings (SSSR count). The van der Waals surface area contributed by atoms with E-state index >= 15 is 0 Å². The van der Waals surface area contributed by atoms with Crippen LogP contribution in [0, 0.1) is 0 Å². The lowest BCUT2D eigenvalue weighted by molar-refractivity contribution is -0.0883. The number of ether oxygens (including phenoxy) is 2. The lowest BCUT2D eigenvalue weighted by Crippen LogP contribution is -2.44. The van der Waals surface area contributed by atoms with Crippen LogP contribution >= 0.6 is 11.8 Å². The first-order valence-electron chi connectivity index (χ1n) is 5.01. The van der Waals surface area contributed by atoms with Gasteiger partial charge in [0.25, 0.3) is 0 Å². The Morgan fingerprint density at radius 2 is 2.15 bits per heavy atom. The molecule has 2 fully saturated rings. The molecule has 3 heteroatoms. The third kappa shape index (κ3) is 1.10. The van der Waals surface area contributed by atoms with Crippen LogP contribution in [0.4, 0.5) is 0 Å². The Bertz CT molecular complexity index is 209. The molecule has 0 aromatic rings. The molecule has 0 aromatic heterocycles. The topological polar surface area (TPSA) is 18.5 Å². The van der Waals surface area contributed by atoms with Crippen molar-refractivity contribution in [3.63, 3.8) is 0 Å². The monoisotopic (exact) mass is 202 g/mol. The van der Waals surface area contributed by atoms with Crippen molar-refractivity contribution >= 4 is 11.8 Å². The molecular formula is C10H18O2S. The van der Waals surface area contributed by atoms with Crippen molar-refractivity contribution in [1.29, 1.82) is 0 Å². The smallest absolute Gasteiger partial charge is 0.107 e. The Morgan fingerprint density at radius 1 is 1.46 bits per heavy atom. The number of methoxy groups -OCH3 is 1.